The average molecular weight is 417 g/mol. The summed E-state index contributed by atoms with van der Waals surface area (Å²) in [7, 11) is -4.39. The number of hydrogen-bond donors (Lipinski definition) is 4. The van der Waals surface area contributed by atoms with Crippen molar-refractivity contribution in [3.05, 3.63) is 44.8 Å². The van der Waals surface area contributed by atoms with Crippen LogP contribution < -0.4 is 16.3 Å². The smallest absolute Gasteiger partial charge is 0.403 e. The van der Waals surface area contributed by atoms with E-state index >= 15 is 0 Å². The number of hydrogen-bond acceptors (Lipinski definition) is 6. The number of aliphatic carboxylic acids is 1. The second-order valence-electron chi connectivity index (χ2n) is 6.89. The van der Waals surface area contributed by atoms with E-state index in [1.54, 1.807) is 26.0 Å². The van der Waals surface area contributed by atoms with Crippen molar-refractivity contribution in [2.24, 2.45) is 5.92 Å². The van der Waals surface area contributed by atoms with Crippen LogP contribution in [0.1, 0.15) is 32.1 Å². The third-order valence-electron chi connectivity index (χ3n) is 3.96. The van der Waals surface area contributed by atoms with Crippen LogP contribution in [0, 0.1) is 12.8 Å². The summed E-state index contributed by atoms with van der Waals surface area (Å²) in [6.07, 6.45) is 3.04. The van der Waals surface area contributed by atoms with Crippen molar-refractivity contribution < 1.29 is 28.6 Å². The van der Waals surface area contributed by atoms with Crippen LogP contribution in [0.3, 0.4) is 0 Å². The maximum atomic E-state index is 12.1. The number of nitrogens with one attached hydrogen (secondary N) is 2. The summed E-state index contributed by atoms with van der Waals surface area (Å²) < 4.78 is 23.8. The lowest BCUT2D eigenvalue weighted by Gasteiger charge is -2.21. The lowest BCUT2D eigenvalue weighted by Crippen LogP contribution is -2.36. The molecule has 4 atom stereocenters. The molecule has 1 aromatic rings. The first-order chi connectivity index (χ1) is 13.0. The Hall–Kier alpha value is -2.04. The number of carbonyl (C=O) groups is 1. The van der Waals surface area contributed by atoms with Gasteiger partial charge in [0.15, 0.2) is 6.23 Å². The molecule has 0 saturated heterocycles. The van der Waals surface area contributed by atoms with Gasteiger partial charge in [-0.1, -0.05) is 19.9 Å². The van der Waals surface area contributed by atoms with Crippen LogP contribution in [0.5, 0.6) is 0 Å². The van der Waals surface area contributed by atoms with Crippen molar-refractivity contribution in [3.63, 3.8) is 0 Å². The summed E-state index contributed by atoms with van der Waals surface area (Å²) in [4.78, 5) is 46.6. The van der Waals surface area contributed by atoms with Crippen molar-refractivity contribution in [2.45, 2.75) is 45.6 Å². The van der Waals surface area contributed by atoms with Crippen molar-refractivity contribution in [1.82, 2.24) is 14.6 Å². The number of carboxylic acids is 1. The van der Waals surface area contributed by atoms with Crippen LogP contribution >= 0.6 is 7.75 Å². The second kappa shape index (κ2) is 8.97. The van der Waals surface area contributed by atoms with Gasteiger partial charge in [0.2, 0.25) is 0 Å². The third kappa shape index (κ3) is 5.98. The summed E-state index contributed by atoms with van der Waals surface area (Å²) in [6.45, 7) is 4.79. The van der Waals surface area contributed by atoms with Gasteiger partial charge in [-0.05, 0) is 25.3 Å². The Labute approximate surface area is 160 Å². The van der Waals surface area contributed by atoms with Crippen LogP contribution in [0.15, 0.2) is 27.9 Å². The monoisotopic (exact) mass is 417 g/mol. The average Bonchev–Trinajstić information content (AvgIpc) is 3.04. The zero-order valence-corrected chi connectivity index (χ0v) is 16.6. The lowest BCUT2D eigenvalue weighted by molar-refractivity contribution is -0.139. The molecule has 1 aliphatic heterocycles. The molecule has 0 aromatic carbocycles. The molecule has 1 aromatic heterocycles. The van der Waals surface area contributed by atoms with E-state index in [9.17, 15) is 23.8 Å². The Morgan fingerprint density at radius 2 is 2.11 bits per heavy atom. The summed E-state index contributed by atoms with van der Waals surface area (Å²) in [5, 5.41) is 11.3. The van der Waals surface area contributed by atoms with Crippen molar-refractivity contribution in [3.8, 4) is 0 Å². The number of rotatable bonds is 9. The van der Waals surface area contributed by atoms with E-state index in [0.29, 0.717) is 5.56 Å². The number of aromatic nitrogens is 2. The Morgan fingerprint density at radius 1 is 1.43 bits per heavy atom. The van der Waals surface area contributed by atoms with E-state index in [2.05, 4.69) is 10.1 Å². The van der Waals surface area contributed by atoms with Crippen LogP contribution in [0.4, 0.5) is 0 Å². The van der Waals surface area contributed by atoms with Crippen LogP contribution in [-0.4, -0.2) is 44.3 Å². The second-order valence-corrected chi connectivity index (χ2v) is 8.45. The summed E-state index contributed by atoms with van der Waals surface area (Å²) in [6, 6.07) is -1.23. The quantitative estimate of drug-likeness (QED) is 0.331. The van der Waals surface area contributed by atoms with E-state index in [0.717, 1.165) is 0 Å². The number of aromatic amines is 1. The normalized spacial score (nSPS) is 22.3. The van der Waals surface area contributed by atoms with Gasteiger partial charge in [-0.15, -0.1) is 0 Å². The standard InChI is InChI=1S/C16H24N3O8P/c1-9(2)6-12(15(21)22)18-28(24,25)26-8-11-4-5-13(27-11)19-7-10(3)14(20)17-16(19)23/h4-5,7,9,11-13H,6,8H2,1-3H3,(H,21,22)(H,17,20,23)(H2,18,24,25)/t11-,12-,13+/m0/s1. The highest BCUT2D eigenvalue weighted by Gasteiger charge is 2.31. The largest absolute Gasteiger partial charge is 0.480 e. The van der Waals surface area contributed by atoms with Crippen molar-refractivity contribution in [1.29, 1.82) is 0 Å². The van der Waals surface area contributed by atoms with Gasteiger partial charge >= 0.3 is 19.4 Å². The highest BCUT2D eigenvalue weighted by Crippen LogP contribution is 2.39. The minimum Gasteiger partial charge on any atom is -0.480 e. The first kappa shape index (κ1) is 22.3. The van der Waals surface area contributed by atoms with Crippen molar-refractivity contribution in [2.75, 3.05) is 6.61 Å². The molecule has 0 saturated carbocycles. The lowest BCUT2D eigenvalue weighted by atomic mass is 10.1. The molecule has 0 radical (unpaired) electrons. The number of carboxylic acid groups (broad SMARTS) is 1. The van der Waals surface area contributed by atoms with E-state index in [-0.39, 0.29) is 18.9 Å². The molecular formula is C16H24N3O8P. The fourth-order valence-corrected chi connectivity index (χ4v) is 3.64. The highest BCUT2D eigenvalue weighted by molar-refractivity contribution is 7.50. The van der Waals surface area contributed by atoms with Gasteiger partial charge in [-0.3, -0.25) is 23.7 Å². The molecule has 12 heteroatoms. The molecule has 0 amide bonds. The van der Waals surface area contributed by atoms with Crippen molar-refractivity contribution >= 4 is 13.7 Å². The maximum Gasteiger partial charge on any atom is 0.403 e. The first-order valence-corrected chi connectivity index (χ1v) is 10.2. The zero-order chi connectivity index (χ0) is 21.1. The summed E-state index contributed by atoms with van der Waals surface area (Å²) >= 11 is 0. The number of H-pyrrole nitrogens is 1. The molecular weight excluding hydrogens is 393 g/mol. The molecule has 1 unspecified atom stereocenters. The van der Waals surface area contributed by atoms with E-state index in [4.69, 9.17) is 14.4 Å². The fraction of sp³-hybridized carbons (Fsp3) is 0.562. The van der Waals surface area contributed by atoms with Gasteiger partial charge in [0, 0.05) is 11.8 Å². The Bertz CT molecular complexity index is 906. The summed E-state index contributed by atoms with van der Waals surface area (Å²) in [5.41, 5.74) is -0.825. The maximum absolute atomic E-state index is 12.1. The molecule has 0 bridgehead atoms. The fourth-order valence-electron chi connectivity index (χ4n) is 2.61. The molecule has 4 N–H and O–H groups in total. The Kier molecular flexibility index (Phi) is 7.13. The predicted molar refractivity (Wildman–Crippen MR) is 98.9 cm³/mol. The molecule has 0 fully saturated rings. The molecule has 0 spiro atoms. The highest BCUT2D eigenvalue weighted by atomic mass is 31.2. The van der Waals surface area contributed by atoms with Gasteiger partial charge < -0.3 is 14.7 Å². The Morgan fingerprint density at radius 3 is 2.71 bits per heavy atom. The Balaban J connectivity index is 1.95. The molecule has 156 valence electrons. The van der Waals surface area contributed by atoms with Crippen LogP contribution in [-0.2, 0) is 18.6 Å². The molecule has 0 aliphatic carbocycles. The van der Waals surface area contributed by atoms with E-state index in [1.807, 2.05) is 0 Å². The topological polar surface area (TPSA) is 160 Å². The summed E-state index contributed by atoms with van der Waals surface area (Å²) in [5.74, 6) is -1.26. The SMILES string of the molecule is Cc1cn([C@H]2C=C[C@@H](COP(=O)(O)N[C@@H](CC(C)C)C(=O)O)O2)c(=O)[nH]c1=O. The molecule has 1 aliphatic rings. The van der Waals surface area contributed by atoms with E-state index < -0.39 is 43.3 Å². The van der Waals surface area contributed by atoms with E-state index in [1.165, 1.54) is 17.7 Å². The van der Waals surface area contributed by atoms with Crippen LogP contribution in [0.25, 0.3) is 0 Å². The predicted octanol–water partition coefficient (Wildman–Crippen LogP) is 0.505. The van der Waals surface area contributed by atoms with Gasteiger partial charge in [-0.2, -0.15) is 0 Å². The minimum atomic E-state index is -4.39. The van der Waals surface area contributed by atoms with Crippen LogP contribution in [0.2, 0.25) is 0 Å². The van der Waals surface area contributed by atoms with Gasteiger partial charge in [0.25, 0.3) is 5.56 Å². The van der Waals surface area contributed by atoms with Gasteiger partial charge in [-0.25, -0.2) is 14.4 Å². The number of ether oxygens (including phenoxy) is 1. The molecule has 2 heterocycles. The zero-order valence-electron chi connectivity index (χ0n) is 15.7. The minimum absolute atomic E-state index is 0.00506. The van der Waals surface area contributed by atoms with Gasteiger partial charge in [0.1, 0.15) is 12.1 Å². The first-order valence-electron chi connectivity index (χ1n) is 8.62. The third-order valence-corrected chi connectivity index (χ3v) is 5.10. The number of nitrogens with zero attached hydrogens (tertiary/aromatic N) is 1. The molecule has 11 nitrogen and oxygen atoms in total. The molecule has 2 rings (SSSR count). The van der Waals surface area contributed by atoms with Gasteiger partial charge in [0.05, 0.1) is 6.61 Å². The molecule has 28 heavy (non-hydrogen) atoms. The number of aryl methyl sites for hydroxylation is 1.